The number of sulfonamides is 1. The van der Waals surface area contributed by atoms with E-state index < -0.39 is 10.0 Å². The summed E-state index contributed by atoms with van der Waals surface area (Å²) < 4.78 is 25.5. The lowest BCUT2D eigenvalue weighted by atomic mass is 10.3. The van der Waals surface area contributed by atoms with Crippen LogP contribution in [0.1, 0.15) is 0 Å². The number of anilines is 1. The van der Waals surface area contributed by atoms with E-state index in [1.807, 2.05) is 12.1 Å². The molecule has 1 amide bonds. The van der Waals surface area contributed by atoms with Gasteiger partial charge in [-0.1, -0.05) is 29.4 Å². The van der Waals surface area contributed by atoms with Crippen LogP contribution in [0, 0.1) is 0 Å². The second-order valence-corrected chi connectivity index (χ2v) is 8.46. The Morgan fingerprint density at radius 3 is 2.67 bits per heavy atom. The minimum atomic E-state index is -3.69. The largest absolute Gasteiger partial charge is 0.325 e. The van der Waals surface area contributed by atoms with Crippen LogP contribution < -0.4 is 5.32 Å². The molecule has 9 heteroatoms. The molecule has 0 aliphatic rings. The Bertz CT molecular complexity index is 827. The molecule has 0 aliphatic carbocycles. The zero-order chi connectivity index (χ0) is 17.7. The highest BCUT2D eigenvalue weighted by Crippen LogP contribution is 2.27. The van der Waals surface area contributed by atoms with Gasteiger partial charge in [-0.2, -0.15) is 0 Å². The van der Waals surface area contributed by atoms with Gasteiger partial charge in [0.05, 0.1) is 15.8 Å². The van der Waals surface area contributed by atoms with Crippen molar-refractivity contribution < 1.29 is 13.2 Å². The van der Waals surface area contributed by atoms with Crippen LogP contribution in [0.5, 0.6) is 0 Å². The van der Waals surface area contributed by atoms with Gasteiger partial charge in [0.1, 0.15) is 4.90 Å². The molecule has 0 atom stereocenters. The predicted molar refractivity (Wildman–Crippen MR) is 95.9 cm³/mol. The Balaban J connectivity index is 2.09. The van der Waals surface area contributed by atoms with E-state index in [1.54, 1.807) is 18.3 Å². The maximum Gasteiger partial charge on any atom is 0.244 e. The number of rotatable bonds is 6. The first-order valence-corrected chi connectivity index (χ1v) is 9.67. The van der Waals surface area contributed by atoms with E-state index in [-0.39, 0.29) is 21.6 Å². The van der Waals surface area contributed by atoms with Crippen molar-refractivity contribution in [1.82, 2.24) is 9.29 Å². The summed E-state index contributed by atoms with van der Waals surface area (Å²) in [6.07, 6.45) is 1.65. The summed E-state index contributed by atoms with van der Waals surface area (Å²) in [6, 6.07) is 9.79. The van der Waals surface area contributed by atoms with Gasteiger partial charge in [-0.15, -0.1) is 0 Å². The number of benzene rings is 1. The second kappa shape index (κ2) is 7.98. The first-order chi connectivity index (χ1) is 11.3. The SMILES string of the molecule is CN(C)S(=O)(=O)c1cc(NC(=O)CSc2ccccn2)ccc1Cl. The van der Waals surface area contributed by atoms with Gasteiger partial charge < -0.3 is 5.32 Å². The summed E-state index contributed by atoms with van der Waals surface area (Å²) in [5.74, 6) is -0.101. The summed E-state index contributed by atoms with van der Waals surface area (Å²) in [7, 11) is -0.852. The Hall–Kier alpha value is -1.61. The van der Waals surface area contributed by atoms with Gasteiger partial charge in [-0.05, 0) is 30.3 Å². The number of thioether (sulfide) groups is 1. The molecule has 1 N–H and O–H groups in total. The highest BCUT2D eigenvalue weighted by atomic mass is 35.5. The molecule has 0 bridgehead atoms. The van der Waals surface area contributed by atoms with Crippen molar-refractivity contribution in [2.45, 2.75) is 9.92 Å². The molecule has 0 saturated carbocycles. The number of halogens is 1. The van der Waals surface area contributed by atoms with Crippen LogP contribution in [-0.2, 0) is 14.8 Å². The van der Waals surface area contributed by atoms with E-state index in [4.69, 9.17) is 11.6 Å². The average molecular weight is 386 g/mol. The molecule has 128 valence electrons. The normalized spacial score (nSPS) is 11.5. The van der Waals surface area contributed by atoms with Crippen molar-refractivity contribution in [3.8, 4) is 0 Å². The fourth-order valence-electron chi connectivity index (χ4n) is 1.74. The molecule has 1 aromatic carbocycles. The number of carbonyl (C=O) groups excluding carboxylic acids is 1. The zero-order valence-corrected chi connectivity index (χ0v) is 15.5. The van der Waals surface area contributed by atoms with Crippen LogP contribution in [0.15, 0.2) is 52.5 Å². The van der Waals surface area contributed by atoms with Gasteiger partial charge in [0.15, 0.2) is 0 Å². The van der Waals surface area contributed by atoms with E-state index in [1.165, 1.54) is 38.0 Å². The summed E-state index contributed by atoms with van der Waals surface area (Å²) in [5.41, 5.74) is 0.367. The molecule has 1 heterocycles. The van der Waals surface area contributed by atoms with E-state index >= 15 is 0 Å². The fourth-order valence-corrected chi connectivity index (χ4v) is 3.80. The maximum absolute atomic E-state index is 12.2. The van der Waals surface area contributed by atoms with Gasteiger partial charge in [-0.25, -0.2) is 17.7 Å². The number of hydrogen-bond acceptors (Lipinski definition) is 5. The van der Waals surface area contributed by atoms with Crippen LogP contribution >= 0.6 is 23.4 Å². The molecule has 2 rings (SSSR count). The van der Waals surface area contributed by atoms with Crippen molar-refractivity contribution >= 4 is 45.0 Å². The van der Waals surface area contributed by atoms with E-state index in [9.17, 15) is 13.2 Å². The number of hydrogen-bond donors (Lipinski definition) is 1. The van der Waals surface area contributed by atoms with Crippen molar-refractivity contribution in [1.29, 1.82) is 0 Å². The lowest BCUT2D eigenvalue weighted by Crippen LogP contribution is -2.23. The van der Waals surface area contributed by atoms with Crippen LogP contribution in [0.4, 0.5) is 5.69 Å². The fraction of sp³-hybridized carbons (Fsp3) is 0.200. The molecule has 0 fully saturated rings. The number of nitrogens with zero attached hydrogens (tertiary/aromatic N) is 2. The lowest BCUT2D eigenvalue weighted by molar-refractivity contribution is -0.113. The first kappa shape index (κ1) is 18.7. The smallest absolute Gasteiger partial charge is 0.244 e. The average Bonchev–Trinajstić information content (AvgIpc) is 2.55. The molecular formula is C15H16ClN3O3S2. The van der Waals surface area contributed by atoms with Gasteiger partial charge in [0.25, 0.3) is 0 Å². The van der Waals surface area contributed by atoms with Crippen LogP contribution in [-0.4, -0.2) is 43.5 Å². The number of nitrogens with one attached hydrogen (secondary N) is 1. The monoisotopic (exact) mass is 385 g/mol. The molecule has 0 aliphatic heterocycles. The van der Waals surface area contributed by atoms with Crippen molar-refractivity contribution in [3.05, 3.63) is 47.6 Å². The van der Waals surface area contributed by atoms with Crippen LogP contribution in [0.3, 0.4) is 0 Å². The quantitative estimate of drug-likeness (QED) is 0.773. The molecule has 6 nitrogen and oxygen atoms in total. The van der Waals surface area contributed by atoms with E-state index in [0.717, 1.165) is 9.33 Å². The van der Waals surface area contributed by atoms with Crippen molar-refractivity contribution in [3.63, 3.8) is 0 Å². The third-order valence-electron chi connectivity index (χ3n) is 2.96. The summed E-state index contributed by atoms with van der Waals surface area (Å²) in [5, 5.41) is 3.50. The van der Waals surface area contributed by atoms with Gasteiger partial charge >= 0.3 is 0 Å². The van der Waals surface area contributed by atoms with Crippen molar-refractivity contribution in [2.75, 3.05) is 25.2 Å². The molecule has 0 saturated heterocycles. The molecule has 2 aromatic rings. The van der Waals surface area contributed by atoms with Crippen molar-refractivity contribution in [2.24, 2.45) is 0 Å². The van der Waals surface area contributed by atoms with Gasteiger partial charge in [0, 0.05) is 26.0 Å². The highest BCUT2D eigenvalue weighted by Gasteiger charge is 2.21. The number of pyridine rings is 1. The maximum atomic E-state index is 12.2. The Labute approximate surface area is 150 Å². The Kier molecular flexibility index (Phi) is 6.22. The zero-order valence-electron chi connectivity index (χ0n) is 13.1. The minimum absolute atomic E-state index is 0.0515. The van der Waals surface area contributed by atoms with Crippen LogP contribution in [0.2, 0.25) is 5.02 Å². The summed E-state index contributed by atoms with van der Waals surface area (Å²) in [4.78, 5) is 16.1. The summed E-state index contributed by atoms with van der Waals surface area (Å²) >= 11 is 7.26. The number of carbonyl (C=O) groups is 1. The minimum Gasteiger partial charge on any atom is -0.325 e. The Morgan fingerprint density at radius 2 is 2.04 bits per heavy atom. The highest BCUT2D eigenvalue weighted by molar-refractivity contribution is 7.99. The predicted octanol–water partition coefficient (Wildman–Crippen LogP) is 2.72. The summed E-state index contributed by atoms with van der Waals surface area (Å²) in [6.45, 7) is 0. The standard InChI is InChI=1S/C15H16ClN3O3S2/c1-19(2)24(21,22)13-9-11(6-7-12(13)16)18-14(20)10-23-15-5-3-4-8-17-15/h3-9H,10H2,1-2H3,(H,18,20). The second-order valence-electron chi connectivity index (χ2n) is 4.94. The molecule has 0 spiro atoms. The molecular weight excluding hydrogens is 370 g/mol. The third kappa shape index (κ3) is 4.70. The Morgan fingerprint density at radius 1 is 1.29 bits per heavy atom. The van der Waals surface area contributed by atoms with E-state index in [2.05, 4.69) is 10.3 Å². The topological polar surface area (TPSA) is 79.4 Å². The number of amides is 1. The van der Waals surface area contributed by atoms with E-state index in [0.29, 0.717) is 5.69 Å². The number of aromatic nitrogens is 1. The van der Waals surface area contributed by atoms with Gasteiger partial charge in [-0.3, -0.25) is 4.79 Å². The van der Waals surface area contributed by atoms with Crippen LogP contribution in [0.25, 0.3) is 0 Å². The molecule has 1 aromatic heterocycles. The van der Waals surface area contributed by atoms with Gasteiger partial charge in [0.2, 0.25) is 15.9 Å². The third-order valence-corrected chi connectivity index (χ3v) is 6.20. The first-order valence-electron chi connectivity index (χ1n) is 6.86. The molecule has 0 unspecified atom stereocenters. The molecule has 24 heavy (non-hydrogen) atoms. The molecule has 0 radical (unpaired) electrons. The lowest BCUT2D eigenvalue weighted by Gasteiger charge is -2.14.